The molecular formula is C27H20Cl2FN3O4S. The quantitative estimate of drug-likeness (QED) is 0.196. The van der Waals surface area contributed by atoms with E-state index in [0.29, 0.717) is 27.8 Å². The van der Waals surface area contributed by atoms with E-state index in [0.717, 1.165) is 0 Å². The molecule has 2 aromatic heterocycles. The van der Waals surface area contributed by atoms with Gasteiger partial charge in [0.15, 0.2) is 11.4 Å². The van der Waals surface area contributed by atoms with Gasteiger partial charge in [0.1, 0.15) is 11.9 Å². The first-order valence-electron chi connectivity index (χ1n) is 11.3. The molecule has 0 unspecified atom stereocenters. The highest BCUT2D eigenvalue weighted by atomic mass is 35.5. The highest BCUT2D eigenvalue weighted by Crippen LogP contribution is 2.42. The second kappa shape index (κ2) is 10.2. The van der Waals surface area contributed by atoms with Gasteiger partial charge in [0.25, 0.3) is 10.0 Å². The van der Waals surface area contributed by atoms with Crippen molar-refractivity contribution in [2.45, 2.75) is 17.9 Å². The molecule has 0 saturated heterocycles. The first-order chi connectivity index (χ1) is 18.2. The molecule has 38 heavy (non-hydrogen) atoms. The summed E-state index contributed by atoms with van der Waals surface area (Å²) in [6, 6.07) is 17.5. The van der Waals surface area contributed by atoms with Crippen LogP contribution in [-0.2, 0) is 10.0 Å². The van der Waals surface area contributed by atoms with Crippen LogP contribution in [0, 0.1) is 5.82 Å². The number of nitrogen functional groups attached to an aromatic ring is 1. The molecule has 11 heteroatoms. The average molecular weight is 572 g/mol. The summed E-state index contributed by atoms with van der Waals surface area (Å²) in [6.45, 7) is 1.65. The number of halogens is 3. The van der Waals surface area contributed by atoms with Crippen LogP contribution in [0.1, 0.15) is 18.6 Å². The lowest BCUT2D eigenvalue weighted by molar-refractivity contribution is 0.227. The smallest absolute Gasteiger partial charge is 0.261 e. The van der Waals surface area contributed by atoms with Crippen LogP contribution < -0.4 is 15.2 Å². The Morgan fingerprint density at radius 1 is 1.08 bits per heavy atom. The van der Waals surface area contributed by atoms with E-state index in [2.05, 4.69) is 9.71 Å². The van der Waals surface area contributed by atoms with Crippen molar-refractivity contribution >= 4 is 55.7 Å². The molecule has 3 N–H and O–H groups in total. The minimum Gasteiger partial charge on any atom is -0.478 e. The topological polar surface area (TPSA) is 107 Å². The van der Waals surface area contributed by atoms with Crippen LogP contribution >= 0.6 is 23.2 Å². The summed E-state index contributed by atoms with van der Waals surface area (Å²) in [6.07, 6.45) is 2.24. The fraction of sp³-hybridized carbons (Fsp3) is 0.0741. The predicted molar refractivity (Wildman–Crippen MR) is 147 cm³/mol. The number of aromatic nitrogens is 1. The second-order valence-corrected chi connectivity index (χ2v) is 10.8. The zero-order valence-electron chi connectivity index (χ0n) is 19.8. The molecule has 0 bridgehead atoms. The zero-order chi connectivity index (χ0) is 27.0. The molecule has 194 valence electrons. The van der Waals surface area contributed by atoms with E-state index < -0.39 is 21.9 Å². The number of rotatable bonds is 7. The van der Waals surface area contributed by atoms with Gasteiger partial charge in [0.05, 0.1) is 21.6 Å². The standard InChI is InChI=1S/C27H20Cl2FN3O4S/c1-15(23-21(28)10-11-22(30)24(23)29)37-26-25-19(13-32-27(26)31)20(14-36-25)16-6-5-7-17(12-16)33-38(34,35)18-8-3-2-4-9-18/h2-15,33H,1H3,(H2,31,32)/t15-/m1/s1. The monoisotopic (exact) mass is 571 g/mol. The molecule has 0 saturated carbocycles. The predicted octanol–water partition coefficient (Wildman–Crippen LogP) is 7.46. The number of nitrogens with two attached hydrogens (primary N) is 1. The lowest BCUT2D eigenvalue weighted by atomic mass is 10.1. The SMILES string of the molecule is C[C@@H](Oc1c(N)ncc2c(-c3cccc(NS(=O)(=O)c4ccccc4)c3)coc12)c1c(Cl)ccc(F)c1Cl. The maximum absolute atomic E-state index is 14.1. The van der Waals surface area contributed by atoms with E-state index in [1.54, 1.807) is 49.4 Å². The maximum atomic E-state index is 14.1. The highest BCUT2D eigenvalue weighted by molar-refractivity contribution is 7.92. The lowest BCUT2D eigenvalue weighted by Crippen LogP contribution is -2.12. The molecule has 0 amide bonds. The van der Waals surface area contributed by atoms with Crippen LogP contribution in [0.2, 0.25) is 10.0 Å². The fourth-order valence-electron chi connectivity index (χ4n) is 4.03. The number of ether oxygens (including phenoxy) is 1. The molecule has 3 aromatic carbocycles. The number of nitrogens with one attached hydrogen (secondary N) is 1. The molecular weight excluding hydrogens is 552 g/mol. The summed E-state index contributed by atoms with van der Waals surface area (Å²) < 4.78 is 54.1. The minimum absolute atomic E-state index is 0.0540. The van der Waals surface area contributed by atoms with Crippen molar-refractivity contribution in [2.24, 2.45) is 0 Å². The molecule has 0 aliphatic rings. The van der Waals surface area contributed by atoms with E-state index in [4.69, 9.17) is 38.1 Å². The van der Waals surface area contributed by atoms with Crippen LogP contribution in [0.3, 0.4) is 0 Å². The Balaban J connectivity index is 1.49. The molecule has 1 atom stereocenters. The van der Waals surface area contributed by atoms with E-state index in [-0.39, 0.29) is 32.1 Å². The van der Waals surface area contributed by atoms with Gasteiger partial charge in [-0.05, 0) is 48.9 Å². The van der Waals surface area contributed by atoms with Crippen molar-refractivity contribution < 1.29 is 22.0 Å². The van der Waals surface area contributed by atoms with Crippen LogP contribution in [0.15, 0.2) is 88.5 Å². The summed E-state index contributed by atoms with van der Waals surface area (Å²) in [5.74, 6) is -0.439. The number of hydrogen-bond acceptors (Lipinski definition) is 6. The van der Waals surface area contributed by atoms with Crippen molar-refractivity contribution in [2.75, 3.05) is 10.5 Å². The molecule has 5 rings (SSSR count). The first kappa shape index (κ1) is 25.8. The van der Waals surface area contributed by atoms with Gasteiger partial charge in [-0.3, -0.25) is 4.72 Å². The van der Waals surface area contributed by atoms with Gasteiger partial charge in [-0.2, -0.15) is 0 Å². The summed E-state index contributed by atoms with van der Waals surface area (Å²) in [5.41, 5.74) is 8.33. The number of furan rings is 1. The first-order valence-corrected chi connectivity index (χ1v) is 13.5. The number of benzene rings is 3. The number of sulfonamides is 1. The van der Waals surface area contributed by atoms with Gasteiger partial charge in [-0.15, -0.1) is 0 Å². The van der Waals surface area contributed by atoms with Gasteiger partial charge in [0, 0.05) is 28.0 Å². The largest absolute Gasteiger partial charge is 0.478 e. The van der Waals surface area contributed by atoms with Crippen molar-refractivity contribution in [1.29, 1.82) is 0 Å². The molecule has 0 spiro atoms. The molecule has 7 nitrogen and oxygen atoms in total. The zero-order valence-corrected chi connectivity index (χ0v) is 22.1. The van der Waals surface area contributed by atoms with Crippen LogP contribution in [-0.4, -0.2) is 13.4 Å². The summed E-state index contributed by atoms with van der Waals surface area (Å²) in [4.78, 5) is 4.38. The Kier molecular flexibility index (Phi) is 6.92. The second-order valence-electron chi connectivity index (χ2n) is 8.38. The normalized spacial score (nSPS) is 12.4. The van der Waals surface area contributed by atoms with Crippen LogP contribution in [0.4, 0.5) is 15.9 Å². The fourth-order valence-corrected chi connectivity index (χ4v) is 5.78. The Morgan fingerprint density at radius 3 is 2.61 bits per heavy atom. The molecule has 0 aliphatic carbocycles. The summed E-state index contributed by atoms with van der Waals surface area (Å²) >= 11 is 12.4. The van der Waals surface area contributed by atoms with Crippen molar-refractivity contribution in [3.05, 3.63) is 101 Å². The minimum atomic E-state index is -3.77. The molecule has 2 heterocycles. The van der Waals surface area contributed by atoms with Gasteiger partial charge >= 0.3 is 0 Å². The molecule has 5 aromatic rings. The molecule has 0 fully saturated rings. The van der Waals surface area contributed by atoms with Gasteiger partial charge in [-0.25, -0.2) is 17.8 Å². The van der Waals surface area contributed by atoms with E-state index in [9.17, 15) is 12.8 Å². The average Bonchev–Trinajstić information content (AvgIpc) is 3.33. The van der Waals surface area contributed by atoms with E-state index in [1.165, 1.54) is 36.7 Å². The van der Waals surface area contributed by atoms with Crippen molar-refractivity contribution in [3.8, 4) is 16.9 Å². The summed E-state index contributed by atoms with van der Waals surface area (Å²) in [7, 11) is -3.77. The van der Waals surface area contributed by atoms with Gasteiger partial charge < -0.3 is 14.9 Å². The van der Waals surface area contributed by atoms with Crippen molar-refractivity contribution in [3.63, 3.8) is 0 Å². The third kappa shape index (κ3) is 4.88. The summed E-state index contributed by atoms with van der Waals surface area (Å²) in [5, 5.41) is 0.650. The lowest BCUT2D eigenvalue weighted by Gasteiger charge is -2.18. The Morgan fingerprint density at radius 2 is 1.84 bits per heavy atom. The van der Waals surface area contributed by atoms with E-state index >= 15 is 0 Å². The van der Waals surface area contributed by atoms with Crippen molar-refractivity contribution in [1.82, 2.24) is 4.98 Å². The number of anilines is 2. The Bertz CT molecular complexity index is 1760. The number of pyridine rings is 1. The maximum Gasteiger partial charge on any atom is 0.261 e. The van der Waals surface area contributed by atoms with E-state index in [1.807, 2.05) is 0 Å². The number of nitrogens with zero attached hydrogens (tertiary/aromatic N) is 1. The van der Waals surface area contributed by atoms with Crippen LogP contribution in [0.25, 0.3) is 22.1 Å². The molecule has 0 aliphatic heterocycles. The molecule has 0 radical (unpaired) electrons. The third-order valence-corrected chi connectivity index (χ3v) is 7.97. The number of hydrogen-bond donors (Lipinski definition) is 2. The van der Waals surface area contributed by atoms with Gasteiger partial charge in [-0.1, -0.05) is 53.5 Å². The Labute approximate surface area is 228 Å². The third-order valence-electron chi connectivity index (χ3n) is 5.86. The highest BCUT2D eigenvalue weighted by Gasteiger charge is 2.23. The van der Waals surface area contributed by atoms with Crippen LogP contribution in [0.5, 0.6) is 5.75 Å². The number of fused-ring (bicyclic) bond motifs is 1. The van der Waals surface area contributed by atoms with Gasteiger partial charge in [0.2, 0.25) is 5.75 Å². The Hall–Kier alpha value is -3.79.